The molecule has 0 aliphatic carbocycles. The number of hydrogen-bond acceptors (Lipinski definition) is 6. The molecule has 2 heterocycles. The molecule has 2 saturated heterocycles. The number of aliphatic hydroxyl groups is 2. The molecule has 2 fully saturated rings. The van der Waals surface area contributed by atoms with E-state index in [2.05, 4.69) is 0 Å². The molecular formula is C20H22O6. The summed E-state index contributed by atoms with van der Waals surface area (Å²) in [5.41, 5.74) is 1.82. The summed E-state index contributed by atoms with van der Waals surface area (Å²) < 4.78 is 23.1. The maximum Gasteiger partial charge on any atom is 0.187 e. The van der Waals surface area contributed by atoms with Crippen LogP contribution >= 0.6 is 0 Å². The molecule has 26 heavy (non-hydrogen) atoms. The predicted molar refractivity (Wildman–Crippen MR) is 91.9 cm³/mol. The van der Waals surface area contributed by atoms with E-state index >= 15 is 0 Å². The number of hydrogen-bond donors (Lipinski definition) is 2. The van der Waals surface area contributed by atoms with Crippen LogP contribution in [0, 0.1) is 0 Å². The molecule has 0 amide bonds. The molecule has 0 unspecified atom stereocenters. The van der Waals surface area contributed by atoms with Crippen LogP contribution in [0.2, 0.25) is 0 Å². The van der Waals surface area contributed by atoms with E-state index in [0.29, 0.717) is 0 Å². The number of ether oxygens (including phenoxy) is 4. The van der Waals surface area contributed by atoms with Crippen LogP contribution in [0.15, 0.2) is 60.7 Å². The average molecular weight is 358 g/mol. The van der Waals surface area contributed by atoms with Gasteiger partial charge in [0.25, 0.3) is 0 Å². The Labute approximate surface area is 151 Å². The summed E-state index contributed by atoms with van der Waals surface area (Å²) in [7, 11) is 0. The Morgan fingerprint density at radius 2 is 1.58 bits per heavy atom. The molecule has 2 N–H and O–H groups in total. The molecule has 0 radical (unpaired) electrons. The number of benzene rings is 2. The Kier molecular flexibility index (Phi) is 5.31. The summed E-state index contributed by atoms with van der Waals surface area (Å²) in [6, 6.07) is 19.1. The molecule has 6 nitrogen and oxygen atoms in total. The lowest BCUT2D eigenvalue weighted by atomic mass is 9.98. The minimum Gasteiger partial charge on any atom is -0.387 e. The highest BCUT2D eigenvalue weighted by atomic mass is 16.8. The van der Waals surface area contributed by atoms with E-state index in [0.717, 1.165) is 11.1 Å². The smallest absolute Gasteiger partial charge is 0.187 e. The van der Waals surface area contributed by atoms with Crippen LogP contribution in [0.3, 0.4) is 0 Å². The van der Waals surface area contributed by atoms with Gasteiger partial charge in [-0.2, -0.15) is 0 Å². The van der Waals surface area contributed by atoms with Crippen molar-refractivity contribution in [1.29, 1.82) is 0 Å². The van der Waals surface area contributed by atoms with Gasteiger partial charge in [0.05, 0.1) is 13.2 Å². The highest BCUT2D eigenvalue weighted by Crippen LogP contribution is 2.34. The SMILES string of the molecule is O[C@@H]1[C@H](OCc2ccccc2)O[C@@H]2CO[C@H](c3ccccc3)O[C@@H]2[C@H]1O. The van der Waals surface area contributed by atoms with E-state index in [9.17, 15) is 10.2 Å². The van der Waals surface area contributed by atoms with Crippen LogP contribution in [0.1, 0.15) is 17.4 Å². The van der Waals surface area contributed by atoms with Crippen molar-refractivity contribution < 1.29 is 29.2 Å². The van der Waals surface area contributed by atoms with Gasteiger partial charge in [0.1, 0.15) is 24.4 Å². The zero-order valence-corrected chi connectivity index (χ0v) is 14.2. The molecule has 2 aliphatic heterocycles. The fraction of sp³-hybridized carbons (Fsp3) is 0.400. The second kappa shape index (κ2) is 7.84. The van der Waals surface area contributed by atoms with Gasteiger partial charge in [-0.3, -0.25) is 0 Å². The fourth-order valence-corrected chi connectivity index (χ4v) is 3.25. The lowest BCUT2D eigenvalue weighted by molar-refractivity contribution is -0.362. The van der Waals surface area contributed by atoms with E-state index in [4.69, 9.17) is 18.9 Å². The first-order valence-corrected chi connectivity index (χ1v) is 8.71. The summed E-state index contributed by atoms with van der Waals surface area (Å²) in [6.07, 6.45) is -5.04. The molecule has 6 atom stereocenters. The van der Waals surface area contributed by atoms with Crippen molar-refractivity contribution in [1.82, 2.24) is 0 Å². The van der Waals surface area contributed by atoms with E-state index in [-0.39, 0.29) is 13.2 Å². The zero-order chi connectivity index (χ0) is 17.9. The molecule has 2 aromatic rings. The first-order valence-electron chi connectivity index (χ1n) is 8.71. The largest absolute Gasteiger partial charge is 0.387 e. The van der Waals surface area contributed by atoms with E-state index < -0.39 is 37.0 Å². The molecule has 138 valence electrons. The Bertz CT molecular complexity index is 692. The van der Waals surface area contributed by atoms with Crippen LogP contribution in [-0.2, 0) is 25.6 Å². The van der Waals surface area contributed by atoms with Crippen molar-refractivity contribution in [2.75, 3.05) is 6.61 Å². The van der Waals surface area contributed by atoms with Crippen LogP contribution in [0.25, 0.3) is 0 Å². The first kappa shape index (κ1) is 17.6. The van der Waals surface area contributed by atoms with Crippen molar-refractivity contribution in [2.45, 2.75) is 43.6 Å². The van der Waals surface area contributed by atoms with Gasteiger partial charge < -0.3 is 29.2 Å². The molecule has 2 aromatic carbocycles. The highest BCUT2D eigenvalue weighted by molar-refractivity contribution is 5.17. The van der Waals surface area contributed by atoms with Crippen molar-refractivity contribution in [3.8, 4) is 0 Å². The summed E-state index contributed by atoms with van der Waals surface area (Å²) >= 11 is 0. The van der Waals surface area contributed by atoms with Crippen LogP contribution in [0.4, 0.5) is 0 Å². The second-order valence-corrected chi connectivity index (χ2v) is 6.50. The highest BCUT2D eigenvalue weighted by Gasteiger charge is 2.49. The van der Waals surface area contributed by atoms with Crippen LogP contribution < -0.4 is 0 Å². The monoisotopic (exact) mass is 358 g/mol. The van der Waals surface area contributed by atoms with Crippen molar-refractivity contribution in [3.63, 3.8) is 0 Å². The molecule has 4 rings (SSSR count). The fourth-order valence-electron chi connectivity index (χ4n) is 3.25. The minimum atomic E-state index is -1.20. The topological polar surface area (TPSA) is 77.4 Å². The normalized spacial score (nSPS) is 34.2. The lowest BCUT2D eigenvalue weighted by Gasteiger charge is -2.46. The standard InChI is InChI=1S/C20H22O6/c21-16-17(22)20(23-11-13-7-3-1-4-8-13)25-15-12-24-19(26-18(15)16)14-9-5-2-6-10-14/h1-10,15-22H,11-12H2/t15-,16+,17+,18+,19+,20-/m1/s1. The predicted octanol–water partition coefficient (Wildman–Crippen LogP) is 1.76. The molecular weight excluding hydrogens is 336 g/mol. The Morgan fingerprint density at radius 1 is 0.885 bits per heavy atom. The van der Waals surface area contributed by atoms with Crippen LogP contribution in [0.5, 0.6) is 0 Å². The molecule has 6 heteroatoms. The van der Waals surface area contributed by atoms with Gasteiger partial charge >= 0.3 is 0 Å². The maximum absolute atomic E-state index is 10.5. The van der Waals surface area contributed by atoms with E-state index in [1.165, 1.54) is 0 Å². The third-order valence-corrected chi connectivity index (χ3v) is 4.66. The molecule has 0 bridgehead atoms. The summed E-state index contributed by atoms with van der Waals surface area (Å²) in [4.78, 5) is 0. The third kappa shape index (κ3) is 3.66. The summed E-state index contributed by atoms with van der Waals surface area (Å²) in [6.45, 7) is 0.528. The van der Waals surface area contributed by atoms with Crippen LogP contribution in [-0.4, -0.2) is 47.5 Å². The summed E-state index contributed by atoms with van der Waals surface area (Å²) in [5.74, 6) is 0. The minimum absolute atomic E-state index is 0.249. The Balaban J connectivity index is 1.40. The third-order valence-electron chi connectivity index (χ3n) is 4.66. The lowest BCUT2D eigenvalue weighted by Crippen LogP contribution is -2.62. The van der Waals surface area contributed by atoms with Gasteiger partial charge in [0.2, 0.25) is 0 Å². The van der Waals surface area contributed by atoms with Gasteiger partial charge in [-0.1, -0.05) is 60.7 Å². The van der Waals surface area contributed by atoms with Gasteiger partial charge in [-0.25, -0.2) is 0 Å². The maximum atomic E-state index is 10.5. The molecule has 0 spiro atoms. The number of rotatable bonds is 4. The first-order chi connectivity index (χ1) is 12.7. The Hall–Kier alpha value is -1.80. The average Bonchev–Trinajstić information content (AvgIpc) is 2.71. The number of aliphatic hydroxyl groups excluding tert-OH is 2. The zero-order valence-electron chi connectivity index (χ0n) is 14.2. The summed E-state index contributed by atoms with van der Waals surface area (Å²) in [5, 5.41) is 20.9. The van der Waals surface area contributed by atoms with Gasteiger partial charge in [0.15, 0.2) is 12.6 Å². The quantitative estimate of drug-likeness (QED) is 0.867. The van der Waals surface area contributed by atoms with Crippen molar-refractivity contribution in [3.05, 3.63) is 71.8 Å². The van der Waals surface area contributed by atoms with E-state index in [1.54, 1.807) is 0 Å². The van der Waals surface area contributed by atoms with Gasteiger partial charge in [-0.05, 0) is 5.56 Å². The van der Waals surface area contributed by atoms with Gasteiger partial charge in [0, 0.05) is 5.56 Å². The second-order valence-electron chi connectivity index (χ2n) is 6.50. The van der Waals surface area contributed by atoms with Gasteiger partial charge in [-0.15, -0.1) is 0 Å². The van der Waals surface area contributed by atoms with Crippen molar-refractivity contribution in [2.24, 2.45) is 0 Å². The van der Waals surface area contributed by atoms with Crippen molar-refractivity contribution >= 4 is 0 Å². The molecule has 2 aliphatic rings. The Morgan fingerprint density at radius 3 is 2.31 bits per heavy atom. The molecule has 0 saturated carbocycles. The molecule has 0 aromatic heterocycles. The van der Waals surface area contributed by atoms with E-state index in [1.807, 2.05) is 60.7 Å². The number of fused-ring (bicyclic) bond motifs is 1.